The molecule has 0 spiro atoms. The normalized spacial score (nSPS) is 12.8. The number of furan rings is 1. The second-order valence-electron chi connectivity index (χ2n) is 9.63. The first-order valence-electron chi connectivity index (χ1n) is 11.7. The number of amides is 1. The predicted molar refractivity (Wildman–Crippen MR) is 136 cm³/mol. The quantitative estimate of drug-likeness (QED) is 0.345. The van der Waals surface area contributed by atoms with E-state index in [1.807, 2.05) is 27.7 Å². The highest BCUT2D eigenvalue weighted by atomic mass is 32.2. The molecule has 0 bridgehead atoms. The average Bonchev–Trinajstić information content (AvgIpc) is 3.46. The van der Waals surface area contributed by atoms with Crippen molar-refractivity contribution in [2.75, 3.05) is 5.32 Å². The lowest BCUT2D eigenvalue weighted by atomic mass is 10.1. The lowest BCUT2D eigenvalue weighted by Gasteiger charge is -2.23. The summed E-state index contributed by atoms with van der Waals surface area (Å²) in [6.45, 7) is 10.5. The molecule has 0 unspecified atom stereocenters. The van der Waals surface area contributed by atoms with Crippen LogP contribution < -0.4 is 14.8 Å². The molecule has 0 radical (unpaired) electrons. The van der Waals surface area contributed by atoms with Gasteiger partial charge in [0, 0.05) is 17.2 Å². The number of ether oxygens (including phenoxy) is 1. The molecule has 11 nitrogen and oxygen atoms in total. The number of aromatic nitrogens is 2. The monoisotopic (exact) mass is 532 g/mol. The zero-order chi connectivity index (χ0) is 27.5. The van der Waals surface area contributed by atoms with Crippen molar-refractivity contribution in [3.63, 3.8) is 0 Å². The maximum atomic E-state index is 13.4. The van der Waals surface area contributed by atoms with Gasteiger partial charge >= 0.3 is 5.97 Å². The predicted octanol–water partition coefficient (Wildman–Crippen LogP) is 4.49. The Labute approximate surface area is 215 Å². The van der Waals surface area contributed by atoms with Gasteiger partial charge in [-0.05, 0) is 64.4 Å². The molecule has 200 valence electrons. The van der Waals surface area contributed by atoms with Gasteiger partial charge in [0.2, 0.25) is 21.8 Å². The fourth-order valence-electron chi connectivity index (χ4n) is 3.35. The molecule has 0 aliphatic carbocycles. The van der Waals surface area contributed by atoms with E-state index in [2.05, 4.69) is 15.1 Å². The molecule has 0 saturated carbocycles. The molecule has 12 heteroatoms. The van der Waals surface area contributed by atoms with Crippen LogP contribution in [0.25, 0.3) is 0 Å². The Kier molecular flexibility index (Phi) is 8.13. The molecule has 0 fully saturated rings. The highest BCUT2D eigenvalue weighted by molar-refractivity contribution is 7.89. The Bertz CT molecular complexity index is 1390. The summed E-state index contributed by atoms with van der Waals surface area (Å²) in [6, 6.07) is 7.49. The fraction of sp³-hybridized carbons (Fsp3) is 0.400. The molecule has 3 N–H and O–H groups in total. The van der Waals surface area contributed by atoms with Crippen molar-refractivity contribution in [3.8, 4) is 11.6 Å². The zero-order valence-electron chi connectivity index (χ0n) is 21.7. The second-order valence-corrected chi connectivity index (χ2v) is 11.4. The van der Waals surface area contributed by atoms with E-state index < -0.39 is 21.5 Å². The van der Waals surface area contributed by atoms with Gasteiger partial charge in [0.05, 0.1) is 18.3 Å². The number of nitrogens with zero attached hydrogens (tertiary/aromatic N) is 2. The summed E-state index contributed by atoms with van der Waals surface area (Å²) in [5, 5.41) is 16.5. The van der Waals surface area contributed by atoms with Crippen LogP contribution in [0.5, 0.6) is 11.6 Å². The third kappa shape index (κ3) is 6.38. The molecule has 0 saturated heterocycles. The lowest BCUT2D eigenvalue weighted by Crippen LogP contribution is -2.25. The van der Waals surface area contributed by atoms with Gasteiger partial charge in [0.15, 0.2) is 5.69 Å². The summed E-state index contributed by atoms with van der Waals surface area (Å²) in [5.74, 6) is -1.34. The van der Waals surface area contributed by atoms with E-state index in [0.29, 0.717) is 12.2 Å². The van der Waals surface area contributed by atoms with E-state index in [0.717, 1.165) is 0 Å². The molecule has 1 amide bonds. The molecule has 1 atom stereocenters. The van der Waals surface area contributed by atoms with Crippen molar-refractivity contribution < 1.29 is 32.3 Å². The molecular weight excluding hydrogens is 500 g/mol. The van der Waals surface area contributed by atoms with Crippen molar-refractivity contribution in [1.82, 2.24) is 14.5 Å². The average molecular weight is 533 g/mol. The number of anilines is 1. The highest BCUT2D eigenvalue weighted by Crippen LogP contribution is 2.36. The van der Waals surface area contributed by atoms with Crippen molar-refractivity contribution in [3.05, 3.63) is 53.6 Å². The fourth-order valence-corrected chi connectivity index (χ4v) is 4.49. The topological polar surface area (TPSA) is 153 Å². The number of hydrogen-bond donors (Lipinski definition) is 3. The number of carboxylic acids is 1. The van der Waals surface area contributed by atoms with Gasteiger partial charge in [-0.25, -0.2) is 22.6 Å². The zero-order valence-corrected chi connectivity index (χ0v) is 22.5. The molecule has 0 aliphatic heterocycles. The minimum absolute atomic E-state index is 0.0704. The van der Waals surface area contributed by atoms with Crippen LogP contribution >= 0.6 is 0 Å². The third-order valence-electron chi connectivity index (χ3n) is 5.69. The lowest BCUT2D eigenvalue weighted by molar-refractivity contribution is -0.119. The van der Waals surface area contributed by atoms with E-state index in [-0.39, 0.29) is 51.8 Å². The molecule has 0 aliphatic rings. The van der Waals surface area contributed by atoms with Crippen LogP contribution in [0.15, 0.2) is 45.9 Å². The van der Waals surface area contributed by atoms with Crippen molar-refractivity contribution in [2.24, 2.45) is 5.92 Å². The summed E-state index contributed by atoms with van der Waals surface area (Å²) in [5.41, 5.74) is -0.372. The molecule has 3 rings (SSSR count). The van der Waals surface area contributed by atoms with Gasteiger partial charge in [0.25, 0.3) is 0 Å². The molecule has 2 aromatic heterocycles. The Morgan fingerprint density at radius 1 is 1.24 bits per heavy atom. The molecule has 3 aromatic rings. The smallest absolute Gasteiger partial charge is 0.356 e. The molecular formula is C25H32N4O7S. The minimum atomic E-state index is -4.17. The second kappa shape index (κ2) is 10.8. The first-order valence-corrected chi connectivity index (χ1v) is 13.2. The molecule has 1 aromatic carbocycles. The Morgan fingerprint density at radius 3 is 2.51 bits per heavy atom. The number of benzene rings is 1. The van der Waals surface area contributed by atoms with Crippen LogP contribution in [0, 0.1) is 12.8 Å². The first kappa shape index (κ1) is 27.9. The summed E-state index contributed by atoms with van der Waals surface area (Å²) in [6.07, 6.45) is 2.05. The van der Waals surface area contributed by atoms with Crippen molar-refractivity contribution >= 4 is 27.6 Å². The number of aromatic carboxylic acids is 1. The van der Waals surface area contributed by atoms with Crippen molar-refractivity contribution in [1.29, 1.82) is 0 Å². The highest BCUT2D eigenvalue weighted by Gasteiger charge is 2.30. The van der Waals surface area contributed by atoms with Gasteiger partial charge in [0.1, 0.15) is 16.4 Å². The number of carbonyl (C=O) groups excluding carboxylic acids is 1. The number of hydrogen-bond acceptors (Lipinski definition) is 7. The van der Waals surface area contributed by atoms with Crippen LogP contribution in [-0.4, -0.2) is 35.2 Å². The van der Waals surface area contributed by atoms with Gasteiger partial charge in [-0.3, -0.25) is 4.79 Å². The van der Waals surface area contributed by atoms with Gasteiger partial charge in [-0.1, -0.05) is 13.8 Å². The maximum Gasteiger partial charge on any atom is 0.356 e. The first-order chi connectivity index (χ1) is 17.2. The number of carbonyl (C=O) groups is 2. The van der Waals surface area contributed by atoms with Crippen LogP contribution in [0.3, 0.4) is 0 Å². The van der Waals surface area contributed by atoms with Gasteiger partial charge in [-0.2, -0.15) is 5.10 Å². The minimum Gasteiger partial charge on any atom is -0.476 e. The van der Waals surface area contributed by atoms with Crippen molar-refractivity contribution in [2.45, 2.75) is 64.9 Å². The summed E-state index contributed by atoms with van der Waals surface area (Å²) in [4.78, 5) is 23.9. The van der Waals surface area contributed by atoms with E-state index >= 15 is 0 Å². The Balaban J connectivity index is 2.09. The van der Waals surface area contributed by atoms with E-state index in [1.54, 1.807) is 19.1 Å². The van der Waals surface area contributed by atoms with Gasteiger partial charge in [-0.15, -0.1) is 0 Å². The molecule has 2 heterocycles. The Hall–Kier alpha value is -3.64. The van der Waals surface area contributed by atoms with Gasteiger partial charge < -0.3 is 19.6 Å². The standard InChI is InChI=1S/C25H32N4O7S/c1-7-15(2)22(30)27-17-10-11-19(20(13-17)37(33,34)26-14-18-9-8-12-35-18)36-23-16(3)21(24(31)32)28-29(23)25(4,5)6/h8-13,15,26H,7,14H2,1-6H3,(H,27,30)(H,31,32)/t15-/m1/s1. The van der Waals surface area contributed by atoms with E-state index in [4.69, 9.17) is 9.15 Å². The summed E-state index contributed by atoms with van der Waals surface area (Å²) in [7, 11) is -4.17. The van der Waals surface area contributed by atoms with Crippen LogP contribution in [0.1, 0.15) is 62.9 Å². The van der Waals surface area contributed by atoms with E-state index in [1.165, 1.54) is 36.1 Å². The number of rotatable bonds is 10. The van der Waals surface area contributed by atoms with Crippen LogP contribution in [0.2, 0.25) is 0 Å². The summed E-state index contributed by atoms with van der Waals surface area (Å²) >= 11 is 0. The number of nitrogens with one attached hydrogen (secondary N) is 2. The maximum absolute atomic E-state index is 13.4. The SMILES string of the molecule is CC[C@@H](C)C(=O)Nc1ccc(Oc2c(C)c(C(=O)O)nn2C(C)(C)C)c(S(=O)(=O)NCc2ccco2)c1. The Morgan fingerprint density at radius 2 is 1.95 bits per heavy atom. The summed E-state index contributed by atoms with van der Waals surface area (Å²) < 4.78 is 41.9. The van der Waals surface area contributed by atoms with Crippen LogP contribution in [0.4, 0.5) is 5.69 Å². The van der Waals surface area contributed by atoms with Crippen LogP contribution in [-0.2, 0) is 26.9 Å². The number of sulfonamides is 1. The number of carboxylic acid groups (broad SMARTS) is 1. The largest absolute Gasteiger partial charge is 0.476 e. The third-order valence-corrected chi connectivity index (χ3v) is 7.11. The van der Waals surface area contributed by atoms with E-state index in [9.17, 15) is 23.1 Å². The molecule has 37 heavy (non-hydrogen) atoms.